The van der Waals surface area contributed by atoms with Gasteiger partial charge in [0.25, 0.3) is 0 Å². The van der Waals surface area contributed by atoms with E-state index in [1.165, 1.54) is 19.3 Å². The number of halogens is 1. The summed E-state index contributed by atoms with van der Waals surface area (Å²) in [5.74, 6) is 2.28. The van der Waals surface area contributed by atoms with Gasteiger partial charge in [-0.1, -0.05) is 6.42 Å². The van der Waals surface area contributed by atoms with Crippen LogP contribution in [0.5, 0.6) is 0 Å². The van der Waals surface area contributed by atoms with Crippen LogP contribution >= 0.6 is 11.6 Å². The molecule has 1 unspecified atom stereocenters. The molecule has 0 bridgehead atoms. The van der Waals surface area contributed by atoms with E-state index in [4.69, 9.17) is 16.0 Å². The molecule has 2 nitrogen and oxygen atoms in total. The van der Waals surface area contributed by atoms with Crippen LogP contribution in [0.25, 0.3) is 0 Å². The van der Waals surface area contributed by atoms with Crippen LogP contribution in [0.1, 0.15) is 49.1 Å². The lowest BCUT2D eigenvalue weighted by Gasteiger charge is -2.22. The molecule has 1 aromatic rings. The minimum absolute atomic E-state index is 0.112. The Morgan fingerprint density at radius 3 is 2.83 bits per heavy atom. The Labute approximate surface area is 76.9 Å². The third-order valence-electron chi connectivity index (χ3n) is 2.39. The van der Waals surface area contributed by atoms with Crippen molar-refractivity contribution in [2.75, 3.05) is 0 Å². The van der Waals surface area contributed by atoms with Gasteiger partial charge in [-0.05, 0) is 19.8 Å². The van der Waals surface area contributed by atoms with Crippen LogP contribution in [0.4, 0.5) is 0 Å². The van der Waals surface area contributed by atoms with Gasteiger partial charge in [-0.15, -0.1) is 11.6 Å². The van der Waals surface area contributed by atoms with E-state index < -0.39 is 0 Å². The summed E-state index contributed by atoms with van der Waals surface area (Å²) in [4.78, 5) is 4.12. The van der Waals surface area contributed by atoms with Crippen molar-refractivity contribution in [1.29, 1.82) is 0 Å². The molecule has 0 amide bonds. The maximum Gasteiger partial charge on any atom is 0.212 e. The van der Waals surface area contributed by atoms with E-state index >= 15 is 0 Å². The van der Waals surface area contributed by atoms with Gasteiger partial charge in [-0.3, -0.25) is 0 Å². The highest BCUT2D eigenvalue weighted by Crippen LogP contribution is 2.37. The Hall–Kier alpha value is -0.500. The van der Waals surface area contributed by atoms with Gasteiger partial charge in [-0.2, -0.15) is 0 Å². The van der Waals surface area contributed by atoms with Crippen molar-refractivity contribution < 1.29 is 4.42 Å². The minimum Gasteiger partial charge on any atom is -0.444 e. The summed E-state index contributed by atoms with van der Waals surface area (Å²) in [7, 11) is 0. The summed E-state index contributed by atoms with van der Waals surface area (Å²) in [5.41, 5.74) is 0. The summed E-state index contributed by atoms with van der Waals surface area (Å²) in [6.07, 6.45) is 5.62. The Kier molecular flexibility index (Phi) is 2.09. The SMILES string of the molecule is CC(Cl)c1ncc(C2CCC2)o1. The van der Waals surface area contributed by atoms with Crippen molar-refractivity contribution in [3.8, 4) is 0 Å². The fourth-order valence-electron chi connectivity index (χ4n) is 1.37. The lowest BCUT2D eigenvalue weighted by molar-refractivity contribution is 0.334. The first-order valence-electron chi connectivity index (χ1n) is 4.37. The second-order valence-electron chi connectivity index (χ2n) is 3.34. The van der Waals surface area contributed by atoms with Gasteiger partial charge >= 0.3 is 0 Å². The average Bonchev–Trinajstić information content (AvgIpc) is 2.32. The van der Waals surface area contributed by atoms with Gasteiger partial charge in [0.05, 0.1) is 6.20 Å². The minimum atomic E-state index is -0.112. The number of oxazole rings is 1. The zero-order chi connectivity index (χ0) is 8.55. The molecule has 1 atom stereocenters. The fraction of sp³-hybridized carbons (Fsp3) is 0.667. The molecule has 2 rings (SSSR count). The van der Waals surface area contributed by atoms with E-state index in [1.807, 2.05) is 13.1 Å². The van der Waals surface area contributed by atoms with Crippen molar-refractivity contribution in [2.24, 2.45) is 0 Å². The first kappa shape index (κ1) is 8.11. The average molecular weight is 186 g/mol. The highest BCUT2D eigenvalue weighted by molar-refractivity contribution is 6.20. The largest absolute Gasteiger partial charge is 0.444 e. The lowest BCUT2D eigenvalue weighted by atomic mass is 9.84. The summed E-state index contributed by atoms with van der Waals surface area (Å²) >= 11 is 5.83. The Bertz CT molecular complexity index is 265. The van der Waals surface area contributed by atoms with Gasteiger partial charge in [0.1, 0.15) is 11.1 Å². The quantitative estimate of drug-likeness (QED) is 0.662. The summed E-state index contributed by atoms with van der Waals surface area (Å²) in [5, 5.41) is -0.112. The molecule has 0 saturated heterocycles. The summed E-state index contributed by atoms with van der Waals surface area (Å²) < 4.78 is 5.51. The van der Waals surface area contributed by atoms with Gasteiger partial charge in [0.15, 0.2) is 0 Å². The number of hydrogen-bond donors (Lipinski definition) is 0. The van der Waals surface area contributed by atoms with E-state index in [9.17, 15) is 0 Å². The zero-order valence-electron chi connectivity index (χ0n) is 7.09. The predicted octanol–water partition coefficient (Wildman–Crippen LogP) is 3.24. The summed E-state index contributed by atoms with van der Waals surface area (Å²) in [6.45, 7) is 1.87. The normalized spacial score (nSPS) is 20.5. The van der Waals surface area contributed by atoms with Crippen LogP contribution < -0.4 is 0 Å². The maximum atomic E-state index is 5.83. The molecule has 1 heterocycles. The molecule has 1 fully saturated rings. The van der Waals surface area contributed by atoms with E-state index in [0.717, 1.165) is 5.76 Å². The Morgan fingerprint density at radius 2 is 2.42 bits per heavy atom. The monoisotopic (exact) mass is 185 g/mol. The van der Waals surface area contributed by atoms with Gasteiger partial charge in [0.2, 0.25) is 5.89 Å². The van der Waals surface area contributed by atoms with Crippen molar-refractivity contribution >= 4 is 11.6 Å². The second-order valence-corrected chi connectivity index (χ2v) is 4.00. The molecule has 0 radical (unpaired) electrons. The van der Waals surface area contributed by atoms with Gasteiger partial charge < -0.3 is 4.42 Å². The molecule has 0 spiro atoms. The van der Waals surface area contributed by atoms with Gasteiger partial charge in [-0.25, -0.2) is 4.98 Å². The molecular formula is C9H12ClNO. The second kappa shape index (κ2) is 3.09. The molecule has 0 N–H and O–H groups in total. The molecule has 1 aliphatic carbocycles. The van der Waals surface area contributed by atoms with Crippen LogP contribution in [-0.4, -0.2) is 4.98 Å². The third-order valence-corrected chi connectivity index (χ3v) is 2.58. The van der Waals surface area contributed by atoms with Crippen molar-refractivity contribution in [3.05, 3.63) is 17.8 Å². The molecular weight excluding hydrogens is 174 g/mol. The molecule has 0 aliphatic heterocycles. The highest BCUT2D eigenvalue weighted by Gasteiger charge is 2.23. The molecule has 0 aromatic carbocycles. The topological polar surface area (TPSA) is 26.0 Å². The van der Waals surface area contributed by atoms with E-state index in [2.05, 4.69) is 4.98 Å². The predicted molar refractivity (Wildman–Crippen MR) is 47.4 cm³/mol. The Balaban J connectivity index is 2.12. The molecule has 3 heteroatoms. The molecule has 1 aliphatic rings. The van der Waals surface area contributed by atoms with Crippen LogP contribution in [0.15, 0.2) is 10.6 Å². The van der Waals surface area contributed by atoms with Crippen LogP contribution in [0, 0.1) is 0 Å². The van der Waals surface area contributed by atoms with Gasteiger partial charge in [0, 0.05) is 5.92 Å². The number of alkyl halides is 1. The fourth-order valence-corrected chi connectivity index (χ4v) is 1.47. The lowest BCUT2D eigenvalue weighted by Crippen LogP contribution is -2.07. The number of rotatable bonds is 2. The number of nitrogens with zero attached hydrogens (tertiary/aromatic N) is 1. The summed E-state index contributed by atoms with van der Waals surface area (Å²) in [6, 6.07) is 0. The maximum absolute atomic E-state index is 5.83. The standard InChI is InChI=1S/C9H12ClNO/c1-6(10)9-11-5-8(12-9)7-3-2-4-7/h5-7H,2-4H2,1H3. The van der Waals surface area contributed by atoms with E-state index in [-0.39, 0.29) is 5.38 Å². The molecule has 66 valence electrons. The number of hydrogen-bond acceptors (Lipinski definition) is 2. The highest BCUT2D eigenvalue weighted by atomic mass is 35.5. The van der Waals surface area contributed by atoms with Crippen molar-refractivity contribution in [3.63, 3.8) is 0 Å². The smallest absolute Gasteiger partial charge is 0.212 e. The Morgan fingerprint density at radius 1 is 1.67 bits per heavy atom. The van der Waals surface area contributed by atoms with Crippen molar-refractivity contribution in [2.45, 2.75) is 37.5 Å². The van der Waals surface area contributed by atoms with E-state index in [0.29, 0.717) is 11.8 Å². The molecule has 12 heavy (non-hydrogen) atoms. The van der Waals surface area contributed by atoms with E-state index in [1.54, 1.807) is 0 Å². The van der Waals surface area contributed by atoms with Crippen LogP contribution in [0.2, 0.25) is 0 Å². The van der Waals surface area contributed by atoms with Crippen molar-refractivity contribution in [1.82, 2.24) is 4.98 Å². The van der Waals surface area contributed by atoms with Crippen LogP contribution in [-0.2, 0) is 0 Å². The first-order chi connectivity index (χ1) is 5.77. The number of aromatic nitrogens is 1. The molecule has 1 aromatic heterocycles. The first-order valence-corrected chi connectivity index (χ1v) is 4.80. The molecule has 1 saturated carbocycles. The third kappa shape index (κ3) is 1.36. The zero-order valence-corrected chi connectivity index (χ0v) is 7.84. The van der Waals surface area contributed by atoms with Crippen LogP contribution in [0.3, 0.4) is 0 Å².